The zero-order valence-electron chi connectivity index (χ0n) is 15.6. The molecule has 1 N–H and O–H groups in total. The molecule has 5 nitrogen and oxygen atoms in total. The normalized spacial score (nSPS) is 14.9. The minimum atomic E-state index is -0.462. The minimum absolute atomic E-state index is 0.0402. The van der Waals surface area contributed by atoms with Gasteiger partial charge >= 0.3 is 0 Å². The molecule has 0 saturated carbocycles. The highest BCUT2D eigenvalue weighted by atomic mass is 79.9. The number of ether oxygens (including phenoxy) is 1. The van der Waals surface area contributed by atoms with Crippen LogP contribution in [-0.4, -0.2) is 11.8 Å². The molecule has 1 heterocycles. The lowest BCUT2D eigenvalue weighted by atomic mass is 10.1. The quantitative estimate of drug-likeness (QED) is 0.404. The van der Waals surface area contributed by atoms with Crippen molar-refractivity contribution in [3.8, 4) is 5.75 Å². The van der Waals surface area contributed by atoms with Crippen LogP contribution in [0.25, 0.3) is 6.08 Å². The Labute approximate surface area is 187 Å². The van der Waals surface area contributed by atoms with Gasteiger partial charge in [-0.3, -0.25) is 15.0 Å². The van der Waals surface area contributed by atoms with Crippen LogP contribution in [0.2, 0.25) is 5.02 Å². The maximum atomic E-state index is 12.7. The highest BCUT2D eigenvalue weighted by molar-refractivity contribution is 9.10. The SMILES string of the molecule is O=C1NN(c2ccccc2)C(=O)/C1=C\c1ccc(OCc2ccc(Br)cc2)c(Cl)c1. The fraction of sp³-hybridized carbons (Fsp3) is 0.0435. The van der Waals surface area contributed by atoms with Crippen LogP contribution in [0.15, 0.2) is 82.8 Å². The van der Waals surface area contributed by atoms with E-state index in [4.69, 9.17) is 16.3 Å². The molecule has 0 atom stereocenters. The molecule has 3 aromatic carbocycles. The minimum Gasteiger partial charge on any atom is -0.487 e. The van der Waals surface area contributed by atoms with Gasteiger partial charge in [0, 0.05) is 4.47 Å². The van der Waals surface area contributed by atoms with E-state index in [1.165, 1.54) is 11.1 Å². The summed E-state index contributed by atoms with van der Waals surface area (Å²) in [6, 6.07) is 21.9. The molecule has 30 heavy (non-hydrogen) atoms. The Morgan fingerprint density at radius 3 is 2.43 bits per heavy atom. The number of hydrazine groups is 1. The largest absolute Gasteiger partial charge is 0.487 e. The number of halogens is 2. The molecular weight excluding hydrogens is 468 g/mol. The van der Waals surface area contributed by atoms with E-state index in [1.54, 1.807) is 42.5 Å². The maximum absolute atomic E-state index is 12.7. The number of benzene rings is 3. The van der Waals surface area contributed by atoms with Crippen molar-refractivity contribution >= 4 is 51.1 Å². The summed E-state index contributed by atoms with van der Waals surface area (Å²) < 4.78 is 6.78. The third-order valence-corrected chi connectivity index (χ3v) is 5.30. The lowest BCUT2D eigenvalue weighted by molar-refractivity contribution is -0.117. The first-order chi connectivity index (χ1) is 14.5. The molecule has 0 aromatic heterocycles. The second-order valence-corrected chi connectivity index (χ2v) is 7.90. The standard InChI is InChI=1S/C23H16BrClN2O3/c24-17-9-6-15(7-10-17)14-30-21-11-8-16(13-20(21)25)12-19-22(28)26-27(23(19)29)18-4-2-1-3-5-18/h1-13H,14H2,(H,26,28)/b19-12-. The Morgan fingerprint density at radius 2 is 1.73 bits per heavy atom. The van der Waals surface area contributed by atoms with Gasteiger partial charge in [-0.2, -0.15) is 0 Å². The highest BCUT2D eigenvalue weighted by Crippen LogP contribution is 2.28. The smallest absolute Gasteiger partial charge is 0.282 e. The molecule has 0 spiro atoms. The molecule has 2 amide bonds. The predicted molar refractivity (Wildman–Crippen MR) is 120 cm³/mol. The number of hydrogen-bond donors (Lipinski definition) is 1. The predicted octanol–water partition coefficient (Wildman–Crippen LogP) is 5.14. The monoisotopic (exact) mass is 482 g/mol. The Hall–Kier alpha value is -3.09. The molecule has 1 saturated heterocycles. The summed E-state index contributed by atoms with van der Waals surface area (Å²) in [5.74, 6) is -0.358. The van der Waals surface area contributed by atoms with Gasteiger partial charge in [0.25, 0.3) is 11.8 Å². The van der Waals surface area contributed by atoms with Crippen LogP contribution >= 0.6 is 27.5 Å². The molecule has 4 rings (SSSR count). The van der Waals surface area contributed by atoms with Crippen LogP contribution in [0.1, 0.15) is 11.1 Å². The summed E-state index contributed by atoms with van der Waals surface area (Å²) in [5, 5.41) is 1.62. The lowest BCUT2D eigenvalue weighted by Crippen LogP contribution is -2.35. The number of amides is 2. The molecule has 1 fully saturated rings. The van der Waals surface area contributed by atoms with E-state index in [-0.39, 0.29) is 5.57 Å². The fourth-order valence-corrected chi connectivity index (χ4v) is 3.46. The van der Waals surface area contributed by atoms with Crippen molar-refractivity contribution in [2.45, 2.75) is 6.61 Å². The molecule has 0 bridgehead atoms. The Bertz CT molecular complexity index is 1130. The van der Waals surface area contributed by atoms with E-state index in [9.17, 15) is 9.59 Å². The summed E-state index contributed by atoms with van der Waals surface area (Å²) in [7, 11) is 0. The van der Waals surface area contributed by atoms with E-state index in [0.29, 0.717) is 28.6 Å². The van der Waals surface area contributed by atoms with Crippen LogP contribution in [-0.2, 0) is 16.2 Å². The third-order valence-electron chi connectivity index (χ3n) is 4.48. The van der Waals surface area contributed by atoms with Crippen LogP contribution in [0, 0.1) is 0 Å². The molecule has 1 aliphatic heterocycles. The molecule has 0 aliphatic carbocycles. The van der Waals surface area contributed by atoms with Crippen LogP contribution in [0.5, 0.6) is 5.75 Å². The Morgan fingerprint density at radius 1 is 1.00 bits per heavy atom. The number of nitrogens with zero attached hydrogens (tertiary/aromatic N) is 1. The third kappa shape index (κ3) is 4.40. The van der Waals surface area contributed by atoms with Gasteiger partial charge in [0.05, 0.1) is 10.7 Å². The molecule has 7 heteroatoms. The first kappa shape index (κ1) is 20.2. The van der Waals surface area contributed by atoms with Gasteiger partial charge in [-0.1, -0.05) is 63.9 Å². The molecule has 1 aliphatic rings. The van der Waals surface area contributed by atoms with Crippen molar-refractivity contribution in [2.75, 3.05) is 5.01 Å². The average molecular weight is 484 g/mol. The second-order valence-electron chi connectivity index (χ2n) is 6.58. The number of rotatable bonds is 5. The second kappa shape index (κ2) is 8.73. The Balaban J connectivity index is 1.50. The summed E-state index contributed by atoms with van der Waals surface area (Å²) >= 11 is 9.75. The van der Waals surface area contributed by atoms with E-state index < -0.39 is 11.8 Å². The number of carbonyl (C=O) groups is 2. The van der Waals surface area contributed by atoms with Crippen LogP contribution in [0.4, 0.5) is 5.69 Å². The number of hydrogen-bond acceptors (Lipinski definition) is 3. The number of nitrogens with one attached hydrogen (secondary N) is 1. The van der Waals surface area contributed by atoms with Crippen LogP contribution in [0.3, 0.4) is 0 Å². The zero-order valence-corrected chi connectivity index (χ0v) is 18.0. The summed E-state index contributed by atoms with van der Waals surface area (Å²) in [5.41, 5.74) is 4.84. The van der Waals surface area contributed by atoms with E-state index in [2.05, 4.69) is 21.4 Å². The van der Waals surface area contributed by atoms with Crippen molar-refractivity contribution in [1.29, 1.82) is 0 Å². The van der Waals surface area contributed by atoms with E-state index >= 15 is 0 Å². The molecule has 150 valence electrons. The Kier molecular flexibility index (Phi) is 5.88. The van der Waals surface area contributed by atoms with E-state index in [0.717, 1.165) is 10.0 Å². The van der Waals surface area contributed by atoms with Crippen molar-refractivity contribution in [3.05, 3.63) is 99.0 Å². The number of para-hydroxylation sites is 1. The summed E-state index contributed by atoms with van der Waals surface area (Å²) in [6.45, 7) is 0.375. The van der Waals surface area contributed by atoms with Gasteiger partial charge in [-0.25, -0.2) is 5.01 Å². The van der Waals surface area contributed by atoms with Crippen molar-refractivity contribution in [3.63, 3.8) is 0 Å². The molecule has 3 aromatic rings. The van der Waals surface area contributed by atoms with Gasteiger partial charge in [0.15, 0.2) is 0 Å². The van der Waals surface area contributed by atoms with E-state index in [1.807, 2.05) is 30.3 Å². The van der Waals surface area contributed by atoms with Crippen molar-refractivity contribution < 1.29 is 14.3 Å². The molecule has 0 unspecified atom stereocenters. The number of carbonyl (C=O) groups excluding carboxylic acids is 2. The van der Waals surface area contributed by atoms with Crippen LogP contribution < -0.4 is 15.2 Å². The maximum Gasteiger partial charge on any atom is 0.282 e. The lowest BCUT2D eigenvalue weighted by Gasteiger charge is -2.13. The van der Waals surface area contributed by atoms with Gasteiger partial charge in [0.1, 0.15) is 17.9 Å². The molecule has 0 radical (unpaired) electrons. The topological polar surface area (TPSA) is 58.6 Å². The highest BCUT2D eigenvalue weighted by Gasteiger charge is 2.34. The van der Waals surface area contributed by atoms with Crippen molar-refractivity contribution in [1.82, 2.24) is 5.43 Å². The number of anilines is 1. The fourth-order valence-electron chi connectivity index (χ4n) is 2.95. The van der Waals surface area contributed by atoms with Gasteiger partial charge in [-0.05, 0) is 53.6 Å². The first-order valence-corrected chi connectivity index (χ1v) is 10.3. The summed E-state index contributed by atoms with van der Waals surface area (Å²) in [4.78, 5) is 25.0. The first-order valence-electron chi connectivity index (χ1n) is 9.10. The zero-order chi connectivity index (χ0) is 21.1. The van der Waals surface area contributed by atoms with Gasteiger partial charge in [0.2, 0.25) is 0 Å². The molecular formula is C23H16BrClN2O3. The van der Waals surface area contributed by atoms with Crippen molar-refractivity contribution in [2.24, 2.45) is 0 Å². The van der Waals surface area contributed by atoms with Gasteiger partial charge < -0.3 is 4.74 Å². The average Bonchev–Trinajstić information content (AvgIpc) is 3.03. The van der Waals surface area contributed by atoms with Gasteiger partial charge in [-0.15, -0.1) is 0 Å². The summed E-state index contributed by atoms with van der Waals surface area (Å²) in [6.07, 6.45) is 1.52.